The lowest BCUT2D eigenvalue weighted by molar-refractivity contribution is 0.0374. The fraction of sp³-hybridized carbons (Fsp3) is 0.250. The van der Waals surface area contributed by atoms with Crippen molar-refractivity contribution in [2.45, 2.75) is 26.6 Å². The van der Waals surface area contributed by atoms with Crippen LogP contribution in [0.1, 0.15) is 35.3 Å². The van der Waals surface area contributed by atoms with Crippen molar-refractivity contribution in [1.29, 1.82) is 0 Å². The zero-order valence-corrected chi connectivity index (χ0v) is 12.5. The number of hydrogen-bond acceptors (Lipinski definition) is 5. The average molecular weight is 302 g/mol. The number of benzene rings is 1. The Morgan fingerprint density at radius 1 is 1.45 bits per heavy atom. The SMILES string of the molecule is C=Cc1cccc(C(=O)OC(C)C)c1COc1ccn(O)n1. The van der Waals surface area contributed by atoms with Gasteiger partial charge >= 0.3 is 5.97 Å². The van der Waals surface area contributed by atoms with Crippen LogP contribution in [0, 0.1) is 0 Å². The summed E-state index contributed by atoms with van der Waals surface area (Å²) in [6.45, 7) is 7.44. The van der Waals surface area contributed by atoms with Gasteiger partial charge in [0.25, 0.3) is 0 Å². The zero-order chi connectivity index (χ0) is 16.1. The lowest BCUT2D eigenvalue weighted by Gasteiger charge is -2.14. The highest BCUT2D eigenvalue weighted by Crippen LogP contribution is 2.20. The molecule has 0 amide bonds. The van der Waals surface area contributed by atoms with Gasteiger partial charge in [-0.05, 0) is 25.5 Å². The van der Waals surface area contributed by atoms with E-state index in [1.54, 1.807) is 32.1 Å². The third-order valence-electron chi connectivity index (χ3n) is 2.91. The van der Waals surface area contributed by atoms with Gasteiger partial charge in [-0.3, -0.25) is 0 Å². The Morgan fingerprint density at radius 3 is 2.82 bits per heavy atom. The molecular formula is C16H18N2O4. The second-order valence-electron chi connectivity index (χ2n) is 4.89. The molecule has 2 aromatic rings. The minimum Gasteiger partial charge on any atom is -0.472 e. The first-order valence-electron chi connectivity index (χ1n) is 6.84. The van der Waals surface area contributed by atoms with Gasteiger partial charge in [0.2, 0.25) is 5.88 Å². The van der Waals surface area contributed by atoms with Crippen molar-refractivity contribution >= 4 is 12.0 Å². The van der Waals surface area contributed by atoms with Crippen LogP contribution in [0.4, 0.5) is 0 Å². The monoisotopic (exact) mass is 302 g/mol. The first kappa shape index (κ1) is 15.6. The molecular weight excluding hydrogens is 284 g/mol. The van der Waals surface area contributed by atoms with E-state index in [2.05, 4.69) is 11.7 Å². The summed E-state index contributed by atoms with van der Waals surface area (Å²) in [5, 5.41) is 12.8. The Bertz CT molecular complexity index is 677. The van der Waals surface area contributed by atoms with E-state index >= 15 is 0 Å². The number of rotatable bonds is 6. The molecule has 6 nitrogen and oxygen atoms in total. The summed E-state index contributed by atoms with van der Waals surface area (Å²) in [7, 11) is 0. The molecule has 0 unspecified atom stereocenters. The second-order valence-corrected chi connectivity index (χ2v) is 4.89. The van der Waals surface area contributed by atoms with E-state index in [1.165, 1.54) is 12.3 Å². The summed E-state index contributed by atoms with van der Waals surface area (Å²) in [5.74, 6) is -0.158. The molecule has 0 aliphatic heterocycles. The molecule has 0 aliphatic carbocycles. The average Bonchev–Trinajstić information content (AvgIpc) is 2.89. The van der Waals surface area contributed by atoms with Gasteiger partial charge in [-0.25, -0.2) is 4.79 Å². The largest absolute Gasteiger partial charge is 0.472 e. The molecule has 0 radical (unpaired) electrons. The first-order chi connectivity index (χ1) is 10.5. The molecule has 1 N–H and O–H groups in total. The van der Waals surface area contributed by atoms with Crippen LogP contribution < -0.4 is 4.74 Å². The minimum absolute atomic E-state index is 0.113. The molecule has 6 heteroatoms. The van der Waals surface area contributed by atoms with Gasteiger partial charge in [-0.1, -0.05) is 29.9 Å². The van der Waals surface area contributed by atoms with Gasteiger partial charge in [0.1, 0.15) is 6.61 Å². The molecule has 0 saturated heterocycles. The van der Waals surface area contributed by atoms with Gasteiger partial charge in [-0.2, -0.15) is 0 Å². The van der Waals surface area contributed by atoms with Gasteiger partial charge in [0.15, 0.2) is 0 Å². The van der Waals surface area contributed by atoms with Crippen LogP contribution >= 0.6 is 0 Å². The molecule has 0 bridgehead atoms. The summed E-state index contributed by atoms with van der Waals surface area (Å²) < 4.78 is 10.7. The number of carbonyl (C=O) groups excluding carboxylic acids is 1. The summed E-state index contributed by atoms with van der Waals surface area (Å²) >= 11 is 0. The Balaban J connectivity index is 2.26. The van der Waals surface area contributed by atoms with Gasteiger partial charge in [-0.15, -0.1) is 4.85 Å². The fourth-order valence-electron chi connectivity index (χ4n) is 1.95. The number of nitrogens with zero attached hydrogens (tertiary/aromatic N) is 2. The number of hydrogen-bond donors (Lipinski definition) is 1. The summed E-state index contributed by atoms with van der Waals surface area (Å²) in [5.41, 5.74) is 1.87. The lowest BCUT2D eigenvalue weighted by atomic mass is 10.0. The smallest absolute Gasteiger partial charge is 0.338 e. The van der Waals surface area contributed by atoms with E-state index in [4.69, 9.17) is 14.7 Å². The highest BCUT2D eigenvalue weighted by molar-refractivity contribution is 5.92. The molecule has 1 aromatic carbocycles. The van der Waals surface area contributed by atoms with Crippen LogP contribution in [0.5, 0.6) is 5.88 Å². The molecule has 0 atom stereocenters. The van der Waals surface area contributed by atoms with Crippen LogP contribution in [0.3, 0.4) is 0 Å². The van der Waals surface area contributed by atoms with Crippen molar-refractivity contribution in [2.75, 3.05) is 0 Å². The highest BCUT2D eigenvalue weighted by Gasteiger charge is 2.17. The summed E-state index contributed by atoms with van der Waals surface area (Å²) in [4.78, 5) is 12.8. The molecule has 0 saturated carbocycles. The molecule has 0 fully saturated rings. The van der Waals surface area contributed by atoms with Crippen LogP contribution in [-0.4, -0.2) is 27.2 Å². The van der Waals surface area contributed by atoms with Crippen molar-refractivity contribution in [2.24, 2.45) is 0 Å². The Hall–Kier alpha value is -2.76. The summed E-state index contributed by atoms with van der Waals surface area (Å²) in [6, 6.07) is 6.80. The van der Waals surface area contributed by atoms with Crippen molar-refractivity contribution in [3.05, 3.63) is 53.7 Å². The molecule has 116 valence electrons. The van der Waals surface area contributed by atoms with Crippen molar-refractivity contribution in [3.63, 3.8) is 0 Å². The minimum atomic E-state index is -0.412. The standard InChI is InChI=1S/C16H18N2O4/c1-4-12-6-5-7-13(16(19)22-11(2)3)14(12)10-21-15-8-9-18(20)17-15/h4-9,11,20H,1,10H2,2-3H3. The maximum atomic E-state index is 12.2. The molecule has 0 spiro atoms. The Kier molecular flexibility index (Phi) is 4.83. The first-order valence-corrected chi connectivity index (χ1v) is 6.84. The lowest BCUT2D eigenvalue weighted by Crippen LogP contribution is -2.15. The quantitative estimate of drug-likeness (QED) is 0.656. The molecule has 0 aliphatic rings. The third kappa shape index (κ3) is 3.66. The summed E-state index contributed by atoms with van der Waals surface area (Å²) in [6.07, 6.45) is 2.79. The number of carbonyl (C=O) groups is 1. The zero-order valence-electron chi connectivity index (χ0n) is 12.5. The van der Waals surface area contributed by atoms with E-state index in [0.29, 0.717) is 16.0 Å². The van der Waals surface area contributed by atoms with E-state index in [1.807, 2.05) is 6.07 Å². The molecule has 22 heavy (non-hydrogen) atoms. The Morgan fingerprint density at radius 2 is 2.23 bits per heavy atom. The van der Waals surface area contributed by atoms with E-state index < -0.39 is 5.97 Å². The van der Waals surface area contributed by atoms with Crippen molar-refractivity contribution < 1.29 is 19.5 Å². The van der Waals surface area contributed by atoms with Crippen LogP contribution in [-0.2, 0) is 11.3 Å². The molecule has 1 heterocycles. The third-order valence-corrected chi connectivity index (χ3v) is 2.91. The van der Waals surface area contributed by atoms with Crippen molar-refractivity contribution in [1.82, 2.24) is 9.94 Å². The number of ether oxygens (including phenoxy) is 2. The molecule has 2 rings (SSSR count). The fourth-order valence-corrected chi connectivity index (χ4v) is 1.95. The van der Waals surface area contributed by atoms with Crippen LogP contribution in [0.15, 0.2) is 37.0 Å². The Labute approximate surface area is 128 Å². The maximum absolute atomic E-state index is 12.2. The normalized spacial score (nSPS) is 10.5. The highest BCUT2D eigenvalue weighted by atomic mass is 16.5. The van der Waals surface area contributed by atoms with E-state index in [-0.39, 0.29) is 18.6 Å². The van der Waals surface area contributed by atoms with Gasteiger partial charge in [0.05, 0.1) is 17.9 Å². The predicted molar refractivity (Wildman–Crippen MR) is 80.8 cm³/mol. The topological polar surface area (TPSA) is 73.6 Å². The van der Waals surface area contributed by atoms with Crippen molar-refractivity contribution in [3.8, 4) is 5.88 Å². The molecule has 1 aromatic heterocycles. The maximum Gasteiger partial charge on any atom is 0.338 e. The van der Waals surface area contributed by atoms with Gasteiger partial charge in [0, 0.05) is 11.6 Å². The van der Waals surface area contributed by atoms with E-state index in [0.717, 1.165) is 5.56 Å². The van der Waals surface area contributed by atoms with Crippen LogP contribution in [0.2, 0.25) is 0 Å². The number of aromatic nitrogens is 2. The number of esters is 1. The second kappa shape index (κ2) is 6.80. The van der Waals surface area contributed by atoms with Gasteiger partial charge < -0.3 is 14.7 Å². The predicted octanol–water partition coefficient (Wildman–Crippen LogP) is 2.91. The van der Waals surface area contributed by atoms with E-state index in [9.17, 15) is 4.79 Å². The van der Waals surface area contributed by atoms with Crippen LogP contribution in [0.25, 0.3) is 6.08 Å².